The van der Waals surface area contributed by atoms with Crippen molar-refractivity contribution >= 4 is 11.9 Å². The maximum absolute atomic E-state index is 12.9. The summed E-state index contributed by atoms with van der Waals surface area (Å²) in [5, 5.41) is 9.22. The van der Waals surface area contributed by atoms with E-state index in [0.29, 0.717) is 6.42 Å². The van der Waals surface area contributed by atoms with Crippen molar-refractivity contribution in [3.05, 3.63) is 11.3 Å². The van der Waals surface area contributed by atoms with Crippen molar-refractivity contribution in [3.8, 4) is 0 Å². The van der Waals surface area contributed by atoms with E-state index in [0.717, 1.165) is 57.9 Å². The molecule has 22 heavy (non-hydrogen) atoms. The molecule has 0 spiro atoms. The van der Waals surface area contributed by atoms with Crippen molar-refractivity contribution in [2.75, 3.05) is 6.54 Å². The average molecular weight is 305 g/mol. The second kappa shape index (κ2) is 6.43. The second-order valence-electron chi connectivity index (χ2n) is 7.36. The molecule has 1 saturated carbocycles. The van der Waals surface area contributed by atoms with Gasteiger partial charge in [0.25, 0.3) is 0 Å². The highest BCUT2D eigenvalue weighted by Crippen LogP contribution is 2.45. The fourth-order valence-corrected chi connectivity index (χ4v) is 4.69. The van der Waals surface area contributed by atoms with Gasteiger partial charge in [0, 0.05) is 18.7 Å². The van der Waals surface area contributed by atoms with E-state index in [1.807, 2.05) is 4.90 Å². The molecule has 1 aliphatic heterocycles. The maximum atomic E-state index is 12.9. The van der Waals surface area contributed by atoms with E-state index in [-0.39, 0.29) is 17.7 Å². The Morgan fingerprint density at radius 2 is 1.64 bits per heavy atom. The third kappa shape index (κ3) is 3.21. The van der Waals surface area contributed by atoms with Crippen LogP contribution < -0.4 is 0 Å². The van der Waals surface area contributed by atoms with Gasteiger partial charge >= 0.3 is 5.97 Å². The summed E-state index contributed by atoms with van der Waals surface area (Å²) in [5.41, 5.74) is 2.49. The number of nitrogens with zero attached hydrogens (tertiary/aromatic N) is 1. The minimum atomic E-state index is -0.758. The number of carbonyl (C=O) groups is 2. The van der Waals surface area contributed by atoms with E-state index < -0.39 is 5.97 Å². The Morgan fingerprint density at radius 3 is 2.36 bits per heavy atom. The molecule has 122 valence electrons. The first-order valence-corrected chi connectivity index (χ1v) is 8.83. The number of carboxylic acid groups (broad SMARTS) is 1. The van der Waals surface area contributed by atoms with E-state index in [4.69, 9.17) is 0 Å². The molecule has 1 amide bonds. The first-order chi connectivity index (χ1) is 10.6. The topological polar surface area (TPSA) is 57.6 Å². The molecule has 0 saturated heterocycles. The van der Waals surface area contributed by atoms with Crippen molar-refractivity contribution in [2.45, 2.75) is 77.0 Å². The van der Waals surface area contributed by atoms with Gasteiger partial charge in [-0.1, -0.05) is 18.4 Å². The van der Waals surface area contributed by atoms with Gasteiger partial charge in [-0.3, -0.25) is 9.59 Å². The van der Waals surface area contributed by atoms with Gasteiger partial charge in [-0.05, 0) is 56.8 Å². The molecule has 0 radical (unpaired) electrons. The van der Waals surface area contributed by atoms with E-state index in [2.05, 4.69) is 0 Å². The highest BCUT2D eigenvalue weighted by atomic mass is 16.4. The molecule has 4 nitrogen and oxygen atoms in total. The molecule has 1 N–H and O–H groups in total. The first-order valence-electron chi connectivity index (χ1n) is 8.83. The van der Waals surface area contributed by atoms with Crippen LogP contribution in [0.4, 0.5) is 0 Å². The molecule has 0 aromatic rings. The molecule has 3 aliphatic rings. The Hall–Kier alpha value is -1.32. The lowest BCUT2D eigenvalue weighted by molar-refractivity contribution is -0.141. The van der Waals surface area contributed by atoms with Gasteiger partial charge in [0.1, 0.15) is 0 Å². The van der Waals surface area contributed by atoms with E-state index >= 15 is 0 Å². The summed E-state index contributed by atoms with van der Waals surface area (Å²) in [4.78, 5) is 26.1. The van der Waals surface area contributed by atoms with Gasteiger partial charge in [-0.15, -0.1) is 0 Å². The largest absolute Gasteiger partial charge is 0.481 e. The predicted octanol–water partition coefficient (Wildman–Crippen LogP) is 3.86. The Bertz CT molecular complexity index is 485. The minimum absolute atomic E-state index is 0.151. The number of hydrogen-bond donors (Lipinski definition) is 1. The Morgan fingerprint density at radius 1 is 0.955 bits per heavy atom. The molecule has 1 heterocycles. The number of hydrogen-bond acceptors (Lipinski definition) is 2. The second-order valence-corrected chi connectivity index (χ2v) is 7.36. The van der Waals surface area contributed by atoms with Crippen molar-refractivity contribution in [2.24, 2.45) is 5.41 Å². The first kappa shape index (κ1) is 15.6. The van der Waals surface area contributed by atoms with Crippen molar-refractivity contribution < 1.29 is 14.7 Å². The number of rotatable bonds is 4. The van der Waals surface area contributed by atoms with Crippen LogP contribution in [0.15, 0.2) is 11.3 Å². The molecule has 0 bridgehead atoms. The average Bonchev–Trinajstić information content (AvgIpc) is 2.93. The molecule has 1 fully saturated rings. The number of carbonyl (C=O) groups excluding carboxylic acids is 1. The fourth-order valence-electron chi connectivity index (χ4n) is 4.69. The lowest BCUT2D eigenvalue weighted by Gasteiger charge is -2.37. The smallest absolute Gasteiger partial charge is 0.303 e. The van der Waals surface area contributed by atoms with Gasteiger partial charge in [-0.2, -0.15) is 0 Å². The Labute approximate surface area is 132 Å². The third-order valence-corrected chi connectivity index (χ3v) is 5.75. The molecule has 4 heteroatoms. The summed E-state index contributed by atoms with van der Waals surface area (Å²) in [6.45, 7) is 0.834. The standard InChI is InChI=1S/C18H27NO3/c20-16(12-18(13-17(21)22)9-3-4-10-18)19-11-5-7-14-6-1-2-8-15(14)19/h1-13H2,(H,21,22). The summed E-state index contributed by atoms with van der Waals surface area (Å²) >= 11 is 0. The van der Waals surface area contributed by atoms with Crippen LogP contribution in [0.5, 0.6) is 0 Å². The predicted molar refractivity (Wildman–Crippen MR) is 84.2 cm³/mol. The van der Waals surface area contributed by atoms with Crippen LogP contribution in [0.1, 0.15) is 77.0 Å². The number of aliphatic carboxylic acids is 1. The molecule has 0 atom stereocenters. The van der Waals surface area contributed by atoms with Gasteiger partial charge < -0.3 is 10.0 Å². The monoisotopic (exact) mass is 305 g/mol. The molecule has 0 aromatic heterocycles. The van der Waals surface area contributed by atoms with Gasteiger partial charge in [0.2, 0.25) is 5.91 Å². The van der Waals surface area contributed by atoms with Crippen LogP contribution in [0.3, 0.4) is 0 Å². The van der Waals surface area contributed by atoms with Crippen LogP contribution in [0.2, 0.25) is 0 Å². The van der Waals surface area contributed by atoms with Gasteiger partial charge in [0.05, 0.1) is 6.42 Å². The normalized spacial score (nSPS) is 24.3. The van der Waals surface area contributed by atoms with Crippen molar-refractivity contribution in [3.63, 3.8) is 0 Å². The number of allylic oxidation sites excluding steroid dienone is 2. The van der Waals surface area contributed by atoms with Crippen molar-refractivity contribution in [1.29, 1.82) is 0 Å². The van der Waals surface area contributed by atoms with Crippen LogP contribution in [0.25, 0.3) is 0 Å². The molecular weight excluding hydrogens is 278 g/mol. The van der Waals surface area contributed by atoms with Gasteiger partial charge in [-0.25, -0.2) is 0 Å². The fraction of sp³-hybridized carbons (Fsp3) is 0.778. The lowest BCUT2D eigenvalue weighted by Crippen LogP contribution is -2.39. The summed E-state index contributed by atoms with van der Waals surface area (Å²) in [6.07, 6.45) is 11.3. The Kier molecular flexibility index (Phi) is 4.55. The molecule has 0 unspecified atom stereocenters. The number of carboxylic acids is 1. The highest BCUT2D eigenvalue weighted by Gasteiger charge is 2.40. The van der Waals surface area contributed by atoms with E-state index in [1.54, 1.807) is 0 Å². The van der Waals surface area contributed by atoms with E-state index in [9.17, 15) is 14.7 Å². The number of amides is 1. The van der Waals surface area contributed by atoms with Crippen LogP contribution in [0, 0.1) is 5.41 Å². The minimum Gasteiger partial charge on any atom is -0.481 e. The summed E-state index contributed by atoms with van der Waals surface area (Å²) in [6, 6.07) is 0. The third-order valence-electron chi connectivity index (χ3n) is 5.75. The van der Waals surface area contributed by atoms with E-state index in [1.165, 1.54) is 24.1 Å². The highest BCUT2D eigenvalue weighted by molar-refractivity contribution is 5.80. The van der Waals surface area contributed by atoms with Gasteiger partial charge in [0.15, 0.2) is 0 Å². The molecule has 3 rings (SSSR count). The zero-order valence-corrected chi connectivity index (χ0v) is 13.4. The zero-order chi connectivity index (χ0) is 15.6. The lowest BCUT2D eigenvalue weighted by atomic mass is 9.78. The van der Waals surface area contributed by atoms with Crippen LogP contribution >= 0.6 is 0 Å². The molecule has 0 aromatic carbocycles. The summed E-state index contributed by atoms with van der Waals surface area (Å²) in [7, 11) is 0. The van der Waals surface area contributed by atoms with Crippen LogP contribution in [-0.4, -0.2) is 28.4 Å². The Balaban J connectivity index is 1.74. The maximum Gasteiger partial charge on any atom is 0.303 e. The SMILES string of the molecule is O=C(O)CC1(CC(=O)N2CCCC3=C2CCCC3)CCCC1. The summed E-state index contributed by atoms with van der Waals surface area (Å²) < 4.78 is 0. The van der Waals surface area contributed by atoms with Crippen LogP contribution in [-0.2, 0) is 9.59 Å². The quantitative estimate of drug-likeness (QED) is 0.858. The van der Waals surface area contributed by atoms with Crippen molar-refractivity contribution in [1.82, 2.24) is 4.90 Å². The molecular formula is C18H27NO3. The summed E-state index contributed by atoms with van der Waals surface area (Å²) in [5.74, 6) is -0.580. The zero-order valence-electron chi connectivity index (χ0n) is 13.4. The molecule has 2 aliphatic carbocycles.